The summed E-state index contributed by atoms with van der Waals surface area (Å²) in [6.07, 6.45) is 3.87. The lowest BCUT2D eigenvalue weighted by Gasteiger charge is -2.30. The van der Waals surface area contributed by atoms with Crippen LogP contribution in [0.2, 0.25) is 0 Å². The third kappa shape index (κ3) is 3.54. The second-order valence-corrected chi connectivity index (χ2v) is 6.43. The smallest absolute Gasteiger partial charge is 0.0371 e. The van der Waals surface area contributed by atoms with Gasteiger partial charge in [-0.25, -0.2) is 0 Å². The van der Waals surface area contributed by atoms with Crippen LogP contribution in [-0.4, -0.2) is 19.1 Å². The van der Waals surface area contributed by atoms with Crippen molar-refractivity contribution in [1.82, 2.24) is 5.32 Å². The molecule has 1 fully saturated rings. The third-order valence-electron chi connectivity index (χ3n) is 4.47. The number of hydrogen-bond acceptors (Lipinski definition) is 2. The van der Waals surface area contributed by atoms with E-state index in [1.165, 1.54) is 42.6 Å². The average Bonchev–Trinajstić information content (AvgIpc) is 2.90. The molecule has 0 bridgehead atoms. The molecule has 1 aliphatic rings. The number of nitrogens with zero attached hydrogens (tertiary/aromatic N) is 1. The Morgan fingerprint density at radius 2 is 2.15 bits per heavy atom. The Bertz CT molecular complexity index is 425. The fourth-order valence-corrected chi connectivity index (χ4v) is 3.26. The van der Waals surface area contributed by atoms with Crippen molar-refractivity contribution in [3.05, 3.63) is 29.3 Å². The fourth-order valence-electron chi connectivity index (χ4n) is 3.26. The minimum absolute atomic E-state index is 0.721. The van der Waals surface area contributed by atoms with Gasteiger partial charge in [-0.3, -0.25) is 0 Å². The Hall–Kier alpha value is -1.02. The molecule has 0 saturated carbocycles. The summed E-state index contributed by atoms with van der Waals surface area (Å²) in [4.78, 5) is 2.61. The Labute approximate surface area is 124 Å². The van der Waals surface area contributed by atoms with Gasteiger partial charge in [0.05, 0.1) is 0 Å². The minimum Gasteiger partial charge on any atom is -0.368 e. The monoisotopic (exact) mass is 274 g/mol. The lowest BCUT2D eigenvalue weighted by atomic mass is 10.0. The van der Waals surface area contributed by atoms with Crippen LogP contribution in [0.1, 0.15) is 51.2 Å². The number of hydrogen-bond donors (Lipinski definition) is 1. The van der Waals surface area contributed by atoms with E-state index in [-0.39, 0.29) is 0 Å². The standard InChI is InChI=1S/C18H30N2/c1-5-10-19-13-16-8-9-17(12-15(16)4)20-11-6-7-18(20)14(2)3/h8-9,12,14,18-19H,5-7,10-11,13H2,1-4H3. The molecule has 0 spiro atoms. The maximum absolute atomic E-state index is 3.49. The van der Waals surface area contributed by atoms with E-state index in [4.69, 9.17) is 0 Å². The molecule has 2 heteroatoms. The largest absolute Gasteiger partial charge is 0.368 e. The number of aryl methyl sites for hydroxylation is 1. The quantitative estimate of drug-likeness (QED) is 0.785. The van der Waals surface area contributed by atoms with Gasteiger partial charge in [0.2, 0.25) is 0 Å². The van der Waals surface area contributed by atoms with Crippen LogP contribution in [-0.2, 0) is 6.54 Å². The van der Waals surface area contributed by atoms with E-state index in [1.807, 2.05) is 0 Å². The van der Waals surface area contributed by atoms with E-state index in [0.29, 0.717) is 0 Å². The molecule has 1 unspecified atom stereocenters. The van der Waals surface area contributed by atoms with E-state index < -0.39 is 0 Å². The van der Waals surface area contributed by atoms with Crippen molar-refractivity contribution < 1.29 is 0 Å². The Morgan fingerprint density at radius 3 is 2.80 bits per heavy atom. The average molecular weight is 274 g/mol. The molecule has 0 radical (unpaired) electrons. The second-order valence-electron chi connectivity index (χ2n) is 6.43. The van der Waals surface area contributed by atoms with Crippen molar-refractivity contribution in [1.29, 1.82) is 0 Å². The van der Waals surface area contributed by atoms with Crippen LogP contribution in [0.25, 0.3) is 0 Å². The number of nitrogens with one attached hydrogen (secondary N) is 1. The maximum atomic E-state index is 3.49. The van der Waals surface area contributed by atoms with Gasteiger partial charge in [-0.2, -0.15) is 0 Å². The van der Waals surface area contributed by atoms with E-state index in [2.05, 4.69) is 56.1 Å². The lowest BCUT2D eigenvalue weighted by Crippen LogP contribution is -2.33. The summed E-state index contributed by atoms with van der Waals surface area (Å²) in [5, 5.41) is 3.49. The van der Waals surface area contributed by atoms with Gasteiger partial charge in [-0.05, 0) is 61.9 Å². The summed E-state index contributed by atoms with van der Waals surface area (Å²) >= 11 is 0. The summed E-state index contributed by atoms with van der Waals surface area (Å²) in [7, 11) is 0. The van der Waals surface area contributed by atoms with Crippen LogP contribution in [0.15, 0.2) is 18.2 Å². The molecule has 1 atom stereocenters. The highest BCUT2D eigenvalue weighted by molar-refractivity contribution is 5.52. The molecule has 1 heterocycles. The van der Waals surface area contributed by atoms with Crippen LogP contribution in [0.4, 0.5) is 5.69 Å². The summed E-state index contributed by atoms with van der Waals surface area (Å²) in [6, 6.07) is 7.72. The first-order valence-corrected chi connectivity index (χ1v) is 8.20. The third-order valence-corrected chi connectivity index (χ3v) is 4.47. The summed E-state index contributed by atoms with van der Waals surface area (Å²) < 4.78 is 0. The maximum Gasteiger partial charge on any atom is 0.0371 e. The molecule has 1 aromatic rings. The highest BCUT2D eigenvalue weighted by Gasteiger charge is 2.27. The molecule has 2 rings (SSSR count). The van der Waals surface area contributed by atoms with E-state index >= 15 is 0 Å². The molecule has 1 N–H and O–H groups in total. The molecule has 20 heavy (non-hydrogen) atoms. The highest BCUT2D eigenvalue weighted by Crippen LogP contribution is 2.30. The van der Waals surface area contributed by atoms with Gasteiger partial charge in [-0.1, -0.05) is 26.8 Å². The van der Waals surface area contributed by atoms with Gasteiger partial charge >= 0.3 is 0 Å². The summed E-state index contributed by atoms with van der Waals surface area (Å²) in [5.41, 5.74) is 4.26. The van der Waals surface area contributed by atoms with Crippen molar-refractivity contribution in [2.45, 2.75) is 59.5 Å². The second kappa shape index (κ2) is 7.12. The molecule has 1 aromatic carbocycles. The first-order chi connectivity index (χ1) is 9.63. The lowest BCUT2D eigenvalue weighted by molar-refractivity contribution is 0.492. The van der Waals surface area contributed by atoms with Crippen molar-refractivity contribution in [3.8, 4) is 0 Å². The molecular formula is C18H30N2. The first-order valence-electron chi connectivity index (χ1n) is 8.20. The van der Waals surface area contributed by atoms with E-state index in [0.717, 1.165) is 25.0 Å². The zero-order valence-electron chi connectivity index (χ0n) is 13.6. The van der Waals surface area contributed by atoms with Gasteiger partial charge in [-0.15, -0.1) is 0 Å². The number of anilines is 1. The van der Waals surface area contributed by atoms with Crippen molar-refractivity contribution in [2.75, 3.05) is 18.0 Å². The van der Waals surface area contributed by atoms with Gasteiger partial charge in [0, 0.05) is 24.8 Å². The minimum atomic E-state index is 0.721. The predicted octanol–water partition coefficient (Wildman–Crippen LogP) is 4.12. The number of rotatable bonds is 6. The van der Waals surface area contributed by atoms with E-state index in [1.54, 1.807) is 0 Å². The van der Waals surface area contributed by atoms with Gasteiger partial charge < -0.3 is 10.2 Å². The molecule has 1 aliphatic heterocycles. The SMILES string of the molecule is CCCNCc1ccc(N2CCCC2C(C)C)cc1C. The van der Waals surface area contributed by atoms with Crippen molar-refractivity contribution >= 4 is 5.69 Å². The van der Waals surface area contributed by atoms with Gasteiger partial charge in [0.25, 0.3) is 0 Å². The fraction of sp³-hybridized carbons (Fsp3) is 0.667. The first kappa shape index (κ1) is 15.4. The Kier molecular flexibility index (Phi) is 5.47. The predicted molar refractivity (Wildman–Crippen MR) is 88.4 cm³/mol. The van der Waals surface area contributed by atoms with Crippen LogP contribution >= 0.6 is 0 Å². The molecule has 2 nitrogen and oxygen atoms in total. The van der Waals surface area contributed by atoms with Crippen molar-refractivity contribution in [3.63, 3.8) is 0 Å². The zero-order valence-corrected chi connectivity index (χ0v) is 13.6. The summed E-state index contributed by atoms with van der Waals surface area (Å²) in [6.45, 7) is 12.5. The molecule has 0 aliphatic carbocycles. The van der Waals surface area contributed by atoms with Gasteiger partial charge in [0.1, 0.15) is 0 Å². The highest BCUT2D eigenvalue weighted by atomic mass is 15.2. The topological polar surface area (TPSA) is 15.3 Å². The van der Waals surface area contributed by atoms with Crippen LogP contribution in [0.5, 0.6) is 0 Å². The summed E-state index contributed by atoms with van der Waals surface area (Å²) in [5.74, 6) is 0.740. The normalized spacial score (nSPS) is 19.1. The zero-order chi connectivity index (χ0) is 14.5. The van der Waals surface area contributed by atoms with Gasteiger partial charge in [0.15, 0.2) is 0 Å². The molecule has 0 amide bonds. The molecular weight excluding hydrogens is 244 g/mol. The molecule has 1 saturated heterocycles. The van der Waals surface area contributed by atoms with Crippen molar-refractivity contribution in [2.24, 2.45) is 5.92 Å². The van der Waals surface area contributed by atoms with Crippen LogP contribution in [0.3, 0.4) is 0 Å². The Balaban J connectivity index is 2.08. The van der Waals surface area contributed by atoms with Crippen LogP contribution < -0.4 is 10.2 Å². The number of benzene rings is 1. The van der Waals surface area contributed by atoms with E-state index in [9.17, 15) is 0 Å². The molecule has 112 valence electrons. The Morgan fingerprint density at radius 1 is 1.35 bits per heavy atom. The molecule has 0 aromatic heterocycles. The van der Waals surface area contributed by atoms with Crippen LogP contribution in [0, 0.1) is 12.8 Å².